The number of amides is 1. The van der Waals surface area contributed by atoms with Gasteiger partial charge in [-0.1, -0.05) is 53.8 Å². The van der Waals surface area contributed by atoms with Gasteiger partial charge in [-0.3, -0.25) is 9.69 Å². The summed E-state index contributed by atoms with van der Waals surface area (Å²) in [6.45, 7) is 9.41. The number of fused-ring (bicyclic) bond motifs is 1. The Morgan fingerprint density at radius 3 is 2.30 bits per heavy atom. The minimum Gasteiger partial charge on any atom is -0.490 e. The van der Waals surface area contributed by atoms with E-state index in [0.717, 1.165) is 26.9 Å². The summed E-state index contributed by atoms with van der Waals surface area (Å²) in [4.78, 5) is 20.5. The zero-order chi connectivity index (χ0) is 23.4. The number of rotatable bonds is 8. The molecule has 0 aliphatic carbocycles. The summed E-state index contributed by atoms with van der Waals surface area (Å²) >= 11 is 1.55. The maximum Gasteiger partial charge on any atom is 0.260 e. The second-order valence-corrected chi connectivity index (χ2v) is 8.76. The number of carbonyl (C=O) groups is 1. The highest BCUT2D eigenvalue weighted by Crippen LogP contribution is 2.35. The maximum absolute atomic E-state index is 13.8. The molecule has 0 N–H and O–H groups in total. The van der Waals surface area contributed by atoms with Crippen molar-refractivity contribution in [2.24, 2.45) is 0 Å². The van der Waals surface area contributed by atoms with Gasteiger partial charge in [0.05, 0.1) is 30.0 Å². The van der Waals surface area contributed by atoms with Crippen molar-refractivity contribution < 1.29 is 14.3 Å². The Balaban J connectivity index is 1.78. The van der Waals surface area contributed by atoms with E-state index in [1.54, 1.807) is 34.4 Å². The second-order valence-electron chi connectivity index (χ2n) is 7.78. The lowest BCUT2D eigenvalue weighted by Crippen LogP contribution is -2.30. The number of hydrogen-bond donors (Lipinski definition) is 0. The summed E-state index contributed by atoms with van der Waals surface area (Å²) in [5.41, 5.74) is 4.78. The first-order valence-electron chi connectivity index (χ1n) is 11.1. The summed E-state index contributed by atoms with van der Waals surface area (Å²) in [5, 5.41) is 0.683. The van der Waals surface area contributed by atoms with Crippen molar-refractivity contribution >= 4 is 32.6 Å². The third kappa shape index (κ3) is 4.86. The smallest absolute Gasteiger partial charge is 0.260 e. The van der Waals surface area contributed by atoms with Gasteiger partial charge >= 0.3 is 0 Å². The molecule has 0 radical (unpaired) electrons. The summed E-state index contributed by atoms with van der Waals surface area (Å²) in [5.74, 6) is 1.08. The van der Waals surface area contributed by atoms with Gasteiger partial charge in [0.15, 0.2) is 16.6 Å². The van der Waals surface area contributed by atoms with Crippen LogP contribution in [0.25, 0.3) is 10.2 Å². The number of hydrogen-bond acceptors (Lipinski definition) is 5. The van der Waals surface area contributed by atoms with Crippen LogP contribution >= 0.6 is 11.3 Å². The molecule has 1 aromatic heterocycles. The molecule has 1 amide bonds. The monoisotopic (exact) mass is 460 g/mol. The number of benzene rings is 3. The molecule has 0 spiro atoms. The van der Waals surface area contributed by atoms with Crippen molar-refractivity contribution in [2.75, 3.05) is 18.1 Å². The van der Waals surface area contributed by atoms with Crippen LogP contribution in [0, 0.1) is 13.8 Å². The lowest BCUT2D eigenvalue weighted by molar-refractivity contribution is 0.0984. The fourth-order valence-corrected chi connectivity index (χ4v) is 4.81. The number of thiazole rings is 1. The van der Waals surface area contributed by atoms with Gasteiger partial charge < -0.3 is 9.47 Å². The largest absolute Gasteiger partial charge is 0.490 e. The van der Waals surface area contributed by atoms with Crippen LogP contribution in [-0.2, 0) is 6.54 Å². The summed E-state index contributed by atoms with van der Waals surface area (Å²) < 4.78 is 12.5. The third-order valence-corrected chi connectivity index (χ3v) is 6.59. The van der Waals surface area contributed by atoms with E-state index in [4.69, 9.17) is 14.5 Å². The Morgan fingerprint density at radius 2 is 1.61 bits per heavy atom. The topological polar surface area (TPSA) is 51.7 Å². The van der Waals surface area contributed by atoms with E-state index < -0.39 is 0 Å². The fourth-order valence-electron chi connectivity index (χ4n) is 3.70. The quantitative estimate of drug-likeness (QED) is 0.299. The maximum atomic E-state index is 13.8. The number of anilines is 1. The van der Waals surface area contributed by atoms with E-state index >= 15 is 0 Å². The van der Waals surface area contributed by atoms with Crippen LogP contribution in [0.1, 0.15) is 40.9 Å². The lowest BCUT2D eigenvalue weighted by Gasteiger charge is -2.21. The first-order chi connectivity index (χ1) is 16.0. The van der Waals surface area contributed by atoms with Gasteiger partial charge in [-0.15, -0.1) is 0 Å². The van der Waals surface area contributed by atoms with Crippen LogP contribution in [0.4, 0.5) is 5.13 Å². The number of ether oxygens (including phenoxy) is 2. The van der Waals surface area contributed by atoms with Gasteiger partial charge in [0.25, 0.3) is 5.91 Å². The first kappa shape index (κ1) is 22.8. The van der Waals surface area contributed by atoms with Gasteiger partial charge in [0, 0.05) is 5.56 Å². The second kappa shape index (κ2) is 10.0. The van der Waals surface area contributed by atoms with Gasteiger partial charge in [-0.05, 0) is 62.6 Å². The molecule has 0 atom stereocenters. The van der Waals surface area contributed by atoms with E-state index in [9.17, 15) is 4.79 Å². The number of aromatic nitrogens is 1. The van der Waals surface area contributed by atoms with Crippen LogP contribution in [0.2, 0.25) is 0 Å². The summed E-state index contributed by atoms with van der Waals surface area (Å²) in [6.07, 6.45) is 0. The zero-order valence-corrected chi connectivity index (χ0v) is 20.2. The molecule has 0 bridgehead atoms. The standard InChI is InChI=1S/C27H28N2O3S/c1-5-31-22-15-14-21(16-23(22)32-6-2)26(30)29(17-20-10-8-7-9-11-20)27-28-24-18(3)12-13-19(4)25(24)33-27/h7-16H,5-6,17H2,1-4H3. The van der Waals surface area contributed by atoms with Gasteiger partial charge in [-0.25, -0.2) is 4.98 Å². The van der Waals surface area contributed by atoms with Crippen molar-refractivity contribution in [3.05, 3.63) is 82.9 Å². The van der Waals surface area contributed by atoms with Crippen LogP contribution < -0.4 is 14.4 Å². The fraction of sp³-hybridized carbons (Fsp3) is 0.259. The molecule has 0 saturated heterocycles. The Hall–Kier alpha value is -3.38. The normalized spacial score (nSPS) is 10.9. The Morgan fingerprint density at radius 1 is 0.909 bits per heavy atom. The molecule has 170 valence electrons. The third-order valence-electron chi connectivity index (χ3n) is 5.38. The molecule has 4 rings (SSSR count). The van der Waals surface area contributed by atoms with Crippen LogP contribution in [0.3, 0.4) is 0 Å². The molecule has 0 unspecified atom stereocenters. The molecule has 0 saturated carbocycles. The lowest BCUT2D eigenvalue weighted by atomic mass is 10.1. The first-order valence-corrected chi connectivity index (χ1v) is 12.0. The molecule has 33 heavy (non-hydrogen) atoms. The van der Waals surface area contributed by atoms with E-state index in [1.165, 1.54) is 0 Å². The highest BCUT2D eigenvalue weighted by Gasteiger charge is 2.24. The van der Waals surface area contributed by atoms with E-state index in [0.29, 0.717) is 42.0 Å². The van der Waals surface area contributed by atoms with Gasteiger partial charge in [0.1, 0.15) is 0 Å². The predicted molar refractivity (Wildman–Crippen MR) is 135 cm³/mol. The molecule has 0 aliphatic heterocycles. The summed E-state index contributed by atoms with van der Waals surface area (Å²) in [7, 11) is 0. The minimum absolute atomic E-state index is 0.128. The van der Waals surface area contributed by atoms with E-state index in [1.807, 2.05) is 44.2 Å². The van der Waals surface area contributed by atoms with Crippen molar-refractivity contribution in [1.82, 2.24) is 4.98 Å². The molecule has 6 heteroatoms. The molecule has 4 aromatic rings. The van der Waals surface area contributed by atoms with Crippen LogP contribution in [0.15, 0.2) is 60.7 Å². The number of aryl methyl sites for hydroxylation is 2. The van der Waals surface area contributed by atoms with Crippen LogP contribution in [0.5, 0.6) is 11.5 Å². The number of nitrogens with zero attached hydrogens (tertiary/aromatic N) is 2. The molecule has 0 fully saturated rings. The highest BCUT2D eigenvalue weighted by atomic mass is 32.1. The number of carbonyl (C=O) groups excluding carboxylic acids is 1. The summed E-state index contributed by atoms with van der Waals surface area (Å²) in [6, 6.07) is 19.5. The molecule has 1 heterocycles. The molecular formula is C27H28N2O3S. The van der Waals surface area contributed by atoms with Crippen molar-refractivity contribution in [2.45, 2.75) is 34.2 Å². The van der Waals surface area contributed by atoms with Crippen LogP contribution in [-0.4, -0.2) is 24.1 Å². The molecule has 3 aromatic carbocycles. The van der Waals surface area contributed by atoms with Gasteiger partial charge in [-0.2, -0.15) is 0 Å². The molecular weight excluding hydrogens is 432 g/mol. The SMILES string of the molecule is CCOc1ccc(C(=O)N(Cc2ccccc2)c2nc3c(C)ccc(C)c3s2)cc1OCC. The molecule has 0 aliphatic rings. The Labute approximate surface area is 198 Å². The van der Waals surface area contributed by atoms with Gasteiger partial charge in [0.2, 0.25) is 0 Å². The minimum atomic E-state index is -0.128. The van der Waals surface area contributed by atoms with E-state index in [-0.39, 0.29) is 5.91 Å². The van der Waals surface area contributed by atoms with E-state index in [2.05, 4.69) is 26.0 Å². The average Bonchev–Trinajstić information content (AvgIpc) is 3.28. The Kier molecular flexibility index (Phi) is 6.94. The molecule has 5 nitrogen and oxygen atoms in total. The predicted octanol–water partition coefficient (Wildman–Crippen LogP) is 6.56. The van der Waals surface area contributed by atoms with Crippen molar-refractivity contribution in [3.8, 4) is 11.5 Å². The van der Waals surface area contributed by atoms with Crippen molar-refractivity contribution in [1.29, 1.82) is 0 Å². The zero-order valence-electron chi connectivity index (χ0n) is 19.4. The Bertz CT molecular complexity index is 1230. The van der Waals surface area contributed by atoms with Crippen molar-refractivity contribution in [3.63, 3.8) is 0 Å². The highest BCUT2D eigenvalue weighted by molar-refractivity contribution is 7.22. The average molecular weight is 461 g/mol.